The number of hydrogen-bond acceptors (Lipinski definition) is 2. The molecule has 0 saturated heterocycles. The van der Waals surface area contributed by atoms with E-state index in [9.17, 15) is 4.79 Å². The Morgan fingerprint density at radius 1 is 1.21 bits per heavy atom. The fourth-order valence-corrected chi connectivity index (χ4v) is 5.00. The minimum absolute atomic E-state index is 0.172. The van der Waals surface area contributed by atoms with Crippen LogP contribution in [0.25, 0.3) is 0 Å². The number of carboxylic acids is 1. The van der Waals surface area contributed by atoms with E-state index in [1.165, 1.54) is 25.7 Å². The van der Waals surface area contributed by atoms with E-state index in [2.05, 4.69) is 27.7 Å². The van der Waals surface area contributed by atoms with E-state index < -0.39 is 5.97 Å². The van der Waals surface area contributed by atoms with Crippen molar-refractivity contribution in [3.63, 3.8) is 0 Å². The summed E-state index contributed by atoms with van der Waals surface area (Å²) in [6, 6.07) is 0. The summed E-state index contributed by atoms with van der Waals surface area (Å²) >= 11 is 0. The van der Waals surface area contributed by atoms with E-state index in [0.717, 1.165) is 23.7 Å². The summed E-state index contributed by atoms with van der Waals surface area (Å²) in [6.07, 6.45) is 5.11. The fraction of sp³-hybridized carbons (Fsp3) is 0.938. The SMILES string of the molecule is CCC1C2CC(C1CC)C(C(C)(C)OCC(=O)O)C2. The lowest BCUT2D eigenvalue weighted by Gasteiger charge is -2.42. The maximum Gasteiger partial charge on any atom is 0.329 e. The van der Waals surface area contributed by atoms with Crippen molar-refractivity contribution >= 4 is 5.97 Å². The number of ether oxygens (including phenoxy) is 1. The number of carboxylic acid groups (broad SMARTS) is 1. The van der Waals surface area contributed by atoms with Crippen LogP contribution in [0.1, 0.15) is 53.4 Å². The summed E-state index contributed by atoms with van der Waals surface area (Å²) in [6.45, 7) is 8.60. The monoisotopic (exact) mass is 268 g/mol. The molecular weight excluding hydrogens is 240 g/mol. The molecule has 0 amide bonds. The first kappa shape index (κ1) is 14.8. The van der Waals surface area contributed by atoms with E-state index in [1.807, 2.05) is 0 Å². The van der Waals surface area contributed by atoms with Gasteiger partial charge in [-0.15, -0.1) is 0 Å². The van der Waals surface area contributed by atoms with Crippen molar-refractivity contribution in [1.29, 1.82) is 0 Å². The van der Waals surface area contributed by atoms with Crippen LogP contribution >= 0.6 is 0 Å². The zero-order chi connectivity index (χ0) is 14.2. The fourth-order valence-electron chi connectivity index (χ4n) is 5.00. The molecule has 0 radical (unpaired) electrons. The van der Waals surface area contributed by atoms with Crippen molar-refractivity contribution < 1.29 is 14.6 Å². The van der Waals surface area contributed by atoms with Crippen LogP contribution in [-0.4, -0.2) is 23.3 Å². The second kappa shape index (κ2) is 5.43. The minimum atomic E-state index is -0.866. The first-order valence-corrected chi connectivity index (χ1v) is 7.76. The van der Waals surface area contributed by atoms with Gasteiger partial charge in [0, 0.05) is 0 Å². The molecule has 2 saturated carbocycles. The Morgan fingerprint density at radius 2 is 1.84 bits per heavy atom. The molecule has 1 N–H and O–H groups in total. The zero-order valence-electron chi connectivity index (χ0n) is 12.7. The molecule has 0 aromatic carbocycles. The molecule has 3 heteroatoms. The van der Waals surface area contributed by atoms with Gasteiger partial charge in [-0.2, -0.15) is 0 Å². The highest BCUT2D eigenvalue weighted by molar-refractivity contribution is 5.68. The second-order valence-corrected chi connectivity index (χ2v) is 6.93. The average molecular weight is 268 g/mol. The van der Waals surface area contributed by atoms with Crippen LogP contribution in [-0.2, 0) is 9.53 Å². The van der Waals surface area contributed by atoms with Crippen LogP contribution in [0.15, 0.2) is 0 Å². The van der Waals surface area contributed by atoms with Gasteiger partial charge in [0.15, 0.2) is 0 Å². The van der Waals surface area contributed by atoms with Gasteiger partial charge in [0.2, 0.25) is 0 Å². The minimum Gasteiger partial charge on any atom is -0.480 e. The molecule has 0 aromatic heterocycles. The number of rotatable bonds is 6. The van der Waals surface area contributed by atoms with E-state index in [-0.39, 0.29) is 12.2 Å². The standard InChI is InChI=1S/C16H28O3/c1-5-11-10-7-13(12(11)6-2)14(8-10)16(3,4)19-9-15(17)18/h10-14H,5-9H2,1-4H3,(H,17,18). The highest BCUT2D eigenvalue weighted by Gasteiger charge is 2.55. The molecule has 2 aliphatic rings. The lowest BCUT2D eigenvalue weighted by Crippen LogP contribution is -2.43. The lowest BCUT2D eigenvalue weighted by atomic mass is 9.67. The van der Waals surface area contributed by atoms with Crippen LogP contribution in [0.3, 0.4) is 0 Å². The van der Waals surface area contributed by atoms with Gasteiger partial charge in [-0.05, 0) is 56.3 Å². The van der Waals surface area contributed by atoms with Gasteiger partial charge in [0.05, 0.1) is 5.60 Å². The van der Waals surface area contributed by atoms with Crippen molar-refractivity contribution in [2.24, 2.45) is 29.6 Å². The third-order valence-corrected chi connectivity index (χ3v) is 5.76. The van der Waals surface area contributed by atoms with E-state index in [4.69, 9.17) is 9.84 Å². The van der Waals surface area contributed by atoms with Crippen LogP contribution < -0.4 is 0 Å². The smallest absolute Gasteiger partial charge is 0.329 e. The summed E-state index contributed by atoms with van der Waals surface area (Å²) in [5.74, 6) is 2.96. The molecule has 110 valence electrons. The van der Waals surface area contributed by atoms with Gasteiger partial charge >= 0.3 is 5.97 Å². The summed E-state index contributed by atoms with van der Waals surface area (Å²) in [7, 11) is 0. The molecule has 3 nitrogen and oxygen atoms in total. The summed E-state index contributed by atoms with van der Waals surface area (Å²) in [5, 5.41) is 8.80. The average Bonchev–Trinajstić information content (AvgIpc) is 2.93. The van der Waals surface area contributed by atoms with Gasteiger partial charge in [-0.1, -0.05) is 26.7 Å². The molecule has 0 heterocycles. The van der Waals surface area contributed by atoms with E-state index in [0.29, 0.717) is 5.92 Å². The number of aliphatic carboxylic acids is 1. The van der Waals surface area contributed by atoms with Gasteiger partial charge in [-0.3, -0.25) is 0 Å². The lowest BCUT2D eigenvalue weighted by molar-refractivity contribution is -0.154. The largest absolute Gasteiger partial charge is 0.480 e. The maximum absolute atomic E-state index is 10.7. The molecule has 0 aromatic rings. The molecule has 0 aliphatic heterocycles. The highest BCUT2D eigenvalue weighted by atomic mass is 16.5. The highest BCUT2D eigenvalue weighted by Crippen LogP contribution is 2.60. The van der Waals surface area contributed by atoms with Crippen molar-refractivity contribution in [3.8, 4) is 0 Å². The van der Waals surface area contributed by atoms with Crippen LogP contribution in [0.2, 0.25) is 0 Å². The van der Waals surface area contributed by atoms with E-state index in [1.54, 1.807) is 0 Å². The van der Waals surface area contributed by atoms with Crippen LogP contribution in [0.4, 0.5) is 0 Å². The predicted octanol–water partition coefficient (Wildman–Crippen LogP) is 3.57. The van der Waals surface area contributed by atoms with Gasteiger partial charge in [-0.25, -0.2) is 4.79 Å². The second-order valence-electron chi connectivity index (χ2n) is 6.93. The molecule has 5 unspecified atom stereocenters. The third kappa shape index (κ3) is 2.67. The Kier molecular flexibility index (Phi) is 4.24. The first-order valence-electron chi connectivity index (χ1n) is 7.76. The number of fused-ring (bicyclic) bond motifs is 2. The van der Waals surface area contributed by atoms with Gasteiger partial charge in [0.1, 0.15) is 6.61 Å². The third-order valence-electron chi connectivity index (χ3n) is 5.76. The zero-order valence-corrected chi connectivity index (χ0v) is 12.7. The van der Waals surface area contributed by atoms with Crippen LogP contribution in [0.5, 0.6) is 0 Å². The Balaban J connectivity index is 2.05. The van der Waals surface area contributed by atoms with Crippen molar-refractivity contribution in [1.82, 2.24) is 0 Å². The molecule has 2 fully saturated rings. The van der Waals surface area contributed by atoms with Crippen molar-refractivity contribution in [3.05, 3.63) is 0 Å². The molecular formula is C16H28O3. The number of carbonyl (C=O) groups is 1. The molecule has 2 bridgehead atoms. The topological polar surface area (TPSA) is 46.5 Å². The van der Waals surface area contributed by atoms with Crippen molar-refractivity contribution in [2.75, 3.05) is 6.61 Å². The summed E-state index contributed by atoms with van der Waals surface area (Å²) < 4.78 is 5.69. The Bertz CT molecular complexity index is 337. The van der Waals surface area contributed by atoms with Gasteiger partial charge in [0.25, 0.3) is 0 Å². The molecule has 2 rings (SSSR count). The predicted molar refractivity (Wildman–Crippen MR) is 74.9 cm³/mol. The normalized spacial score (nSPS) is 37.8. The Labute approximate surface area is 116 Å². The molecule has 19 heavy (non-hydrogen) atoms. The summed E-state index contributed by atoms with van der Waals surface area (Å²) in [5.41, 5.74) is -0.302. The Hall–Kier alpha value is -0.570. The van der Waals surface area contributed by atoms with E-state index >= 15 is 0 Å². The first-order chi connectivity index (χ1) is 8.90. The quantitative estimate of drug-likeness (QED) is 0.801. The molecule has 5 atom stereocenters. The van der Waals surface area contributed by atoms with Crippen molar-refractivity contribution in [2.45, 2.75) is 59.0 Å². The van der Waals surface area contributed by atoms with Crippen LogP contribution in [0, 0.1) is 29.6 Å². The van der Waals surface area contributed by atoms with Gasteiger partial charge < -0.3 is 9.84 Å². The number of hydrogen-bond donors (Lipinski definition) is 1. The molecule has 0 spiro atoms. The summed E-state index contributed by atoms with van der Waals surface area (Å²) in [4.78, 5) is 10.7. The molecule has 2 aliphatic carbocycles. The maximum atomic E-state index is 10.7. The Morgan fingerprint density at radius 3 is 2.37 bits per heavy atom.